The quantitative estimate of drug-likeness (QED) is 0.769. The number of carbonyl (C=O) groups is 2. The van der Waals surface area contributed by atoms with Gasteiger partial charge in [0.25, 0.3) is 5.91 Å². The Bertz CT molecular complexity index is 506. The first-order valence-electron chi connectivity index (χ1n) is 6.29. The van der Waals surface area contributed by atoms with E-state index in [4.69, 9.17) is 0 Å². The van der Waals surface area contributed by atoms with Gasteiger partial charge in [-0.15, -0.1) is 0 Å². The molecule has 1 aliphatic heterocycles. The molecule has 0 unspecified atom stereocenters. The Balaban J connectivity index is 0.000000861. The standard InChI is InChI=1S/C13H13NO3.C2H6/c1-9-6-12(15)14(8-9)11-5-3-4-10(7-11)13(16)17-2;1-2/h3-7H,8H2,1-2H3;1-2H3. The summed E-state index contributed by atoms with van der Waals surface area (Å²) in [7, 11) is 1.34. The van der Waals surface area contributed by atoms with Gasteiger partial charge < -0.3 is 9.64 Å². The molecule has 0 bridgehead atoms. The molecule has 0 aromatic heterocycles. The largest absolute Gasteiger partial charge is 0.465 e. The molecule has 1 aromatic rings. The molecule has 0 aliphatic carbocycles. The van der Waals surface area contributed by atoms with Crippen LogP contribution in [0.1, 0.15) is 31.1 Å². The molecule has 1 amide bonds. The SMILES string of the molecule is CC.COC(=O)c1cccc(N2CC(C)=CC2=O)c1. The third-order valence-corrected chi connectivity index (χ3v) is 2.62. The smallest absolute Gasteiger partial charge is 0.337 e. The van der Waals surface area contributed by atoms with Crippen LogP contribution in [0.4, 0.5) is 5.69 Å². The van der Waals surface area contributed by atoms with Crippen LogP contribution in [-0.4, -0.2) is 25.5 Å². The molecule has 0 saturated carbocycles. The number of methoxy groups -OCH3 is 1. The highest BCUT2D eigenvalue weighted by Crippen LogP contribution is 2.22. The fourth-order valence-electron chi connectivity index (χ4n) is 1.80. The summed E-state index contributed by atoms with van der Waals surface area (Å²) in [5.74, 6) is -0.451. The van der Waals surface area contributed by atoms with Gasteiger partial charge in [-0.3, -0.25) is 4.79 Å². The maximum atomic E-state index is 11.7. The molecule has 0 fully saturated rings. The van der Waals surface area contributed by atoms with Crippen molar-refractivity contribution >= 4 is 17.6 Å². The minimum Gasteiger partial charge on any atom is -0.465 e. The summed E-state index contributed by atoms with van der Waals surface area (Å²) in [5.41, 5.74) is 2.17. The van der Waals surface area contributed by atoms with E-state index in [9.17, 15) is 9.59 Å². The van der Waals surface area contributed by atoms with E-state index in [-0.39, 0.29) is 5.91 Å². The van der Waals surface area contributed by atoms with E-state index in [0.29, 0.717) is 17.8 Å². The number of amides is 1. The molecule has 0 spiro atoms. The summed E-state index contributed by atoms with van der Waals surface area (Å²) in [6.07, 6.45) is 1.60. The molecule has 0 atom stereocenters. The summed E-state index contributed by atoms with van der Waals surface area (Å²) in [4.78, 5) is 24.7. The van der Waals surface area contributed by atoms with Crippen molar-refractivity contribution in [3.63, 3.8) is 0 Å². The number of nitrogens with zero attached hydrogens (tertiary/aromatic N) is 1. The van der Waals surface area contributed by atoms with Crippen LogP contribution < -0.4 is 4.90 Å². The highest BCUT2D eigenvalue weighted by Gasteiger charge is 2.21. The predicted octanol–water partition coefficient (Wildman–Crippen LogP) is 2.79. The first-order chi connectivity index (χ1) is 9.11. The topological polar surface area (TPSA) is 46.6 Å². The van der Waals surface area contributed by atoms with Crippen LogP contribution in [0.2, 0.25) is 0 Å². The zero-order valence-corrected chi connectivity index (χ0v) is 11.8. The zero-order chi connectivity index (χ0) is 14.4. The first kappa shape index (κ1) is 15.0. The second kappa shape index (κ2) is 6.73. The maximum Gasteiger partial charge on any atom is 0.337 e. The molecular weight excluding hydrogens is 242 g/mol. The molecule has 19 heavy (non-hydrogen) atoms. The van der Waals surface area contributed by atoms with Crippen molar-refractivity contribution in [2.24, 2.45) is 0 Å². The van der Waals surface area contributed by atoms with E-state index in [1.807, 2.05) is 20.8 Å². The van der Waals surface area contributed by atoms with E-state index in [2.05, 4.69) is 4.74 Å². The Morgan fingerprint density at radius 2 is 2.00 bits per heavy atom. The molecule has 0 saturated heterocycles. The Hall–Kier alpha value is -2.10. The number of hydrogen-bond acceptors (Lipinski definition) is 3. The van der Waals surface area contributed by atoms with Crippen LogP contribution >= 0.6 is 0 Å². The van der Waals surface area contributed by atoms with Crippen LogP contribution in [-0.2, 0) is 9.53 Å². The lowest BCUT2D eigenvalue weighted by atomic mass is 10.2. The monoisotopic (exact) mass is 261 g/mol. The number of benzene rings is 1. The molecule has 1 aliphatic rings. The van der Waals surface area contributed by atoms with Gasteiger partial charge in [-0.2, -0.15) is 0 Å². The minimum absolute atomic E-state index is 0.0514. The average Bonchev–Trinajstić information content (AvgIpc) is 2.79. The summed E-state index contributed by atoms with van der Waals surface area (Å²) in [6, 6.07) is 6.87. The Labute approximate surface area is 113 Å². The summed E-state index contributed by atoms with van der Waals surface area (Å²) in [5, 5.41) is 0. The van der Waals surface area contributed by atoms with E-state index in [1.54, 1.807) is 35.2 Å². The Morgan fingerprint density at radius 1 is 1.32 bits per heavy atom. The number of rotatable bonds is 2. The van der Waals surface area contributed by atoms with Crippen molar-refractivity contribution < 1.29 is 14.3 Å². The van der Waals surface area contributed by atoms with E-state index in [0.717, 1.165) is 5.57 Å². The van der Waals surface area contributed by atoms with Crippen LogP contribution in [0.15, 0.2) is 35.9 Å². The van der Waals surface area contributed by atoms with Crippen LogP contribution in [0.5, 0.6) is 0 Å². The highest BCUT2D eigenvalue weighted by molar-refractivity contribution is 6.05. The van der Waals surface area contributed by atoms with Crippen LogP contribution in [0.3, 0.4) is 0 Å². The minimum atomic E-state index is -0.400. The van der Waals surface area contributed by atoms with Crippen molar-refractivity contribution in [3.05, 3.63) is 41.5 Å². The number of hydrogen-bond donors (Lipinski definition) is 0. The van der Waals surface area contributed by atoms with Crippen molar-refractivity contribution in [2.45, 2.75) is 20.8 Å². The van der Waals surface area contributed by atoms with Gasteiger partial charge in [-0.25, -0.2) is 4.79 Å². The molecular formula is C15H19NO3. The first-order valence-corrected chi connectivity index (χ1v) is 6.29. The maximum absolute atomic E-state index is 11.7. The second-order valence-electron chi connectivity index (χ2n) is 3.96. The van der Waals surface area contributed by atoms with Crippen molar-refractivity contribution in [2.75, 3.05) is 18.6 Å². The molecule has 102 valence electrons. The fourth-order valence-corrected chi connectivity index (χ4v) is 1.80. The van der Waals surface area contributed by atoms with Gasteiger partial charge >= 0.3 is 5.97 Å². The number of carbonyl (C=O) groups excluding carboxylic acids is 2. The normalized spacial score (nSPS) is 13.6. The lowest BCUT2D eigenvalue weighted by molar-refractivity contribution is -0.113. The van der Waals surface area contributed by atoms with Gasteiger partial charge in [-0.05, 0) is 30.7 Å². The Morgan fingerprint density at radius 3 is 2.53 bits per heavy atom. The molecule has 4 nitrogen and oxygen atoms in total. The molecule has 1 aromatic carbocycles. The molecule has 0 radical (unpaired) electrons. The predicted molar refractivity (Wildman–Crippen MR) is 75.2 cm³/mol. The summed E-state index contributed by atoms with van der Waals surface area (Å²) in [6.45, 7) is 6.48. The van der Waals surface area contributed by atoms with Gasteiger partial charge in [-0.1, -0.05) is 19.9 Å². The number of anilines is 1. The molecule has 2 rings (SSSR count). The summed E-state index contributed by atoms with van der Waals surface area (Å²) >= 11 is 0. The van der Waals surface area contributed by atoms with Gasteiger partial charge in [0.15, 0.2) is 0 Å². The number of esters is 1. The van der Waals surface area contributed by atoms with Gasteiger partial charge in [0, 0.05) is 18.3 Å². The lowest BCUT2D eigenvalue weighted by Gasteiger charge is -2.16. The number of ether oxygens (including phenoxy) is 1. The average molecular weight is 261 g/mol. The van der Waals surface area contributed by atoms with Crippen LogP contribution in [0.25, 0.3) is 0 Å². The van der Waals surface area contributed by atoms with Gasteiger partial charge in [0.2, 0.25) is 0 Å². The highest BCUT2D eigenvalue weighted by atomic mass is 16.5. The van der Waals surface area contributed by atoms with Gasteiger partial charge in [0.1, 0.15) is 0 Å². The van der Waals surface area contributed by atoms with E-state index in [1.165, 1.54) is 7.11 Å². The molecule has 0 N–H and O–H groups in total. The molecule has 4 heteroatoms. The van der Waals surface area contributed by atoms with Crippen LogP contribution in [0, 0.1) is 0 Å². The molecule has 1 heterocycles. The fraction of sp³-hybridized carbons (Fsp3) is 0.333. The van der Waals surface area contributed by atoms with Gasteiger partial charge in [0.05, 0.1) is 12.7 Å². The van der Waals surface area contributed by atoms with E-state index < -0.39 is 5.97 Å². The zero-order valence-electron chi connectivity index (χ0n) is 11.8. The van der Waals surface area contributed by atoms with Crippen molar-refractivity contribution in [3.8, 4) is 0 Å². The third kappa shape index (κ3) is 3.44. The van der Waals surface area contributed by atoms with E-state index >= 15 is 0 Å². The van der Waals surface area contributed by atoms with Crippen molar-refractivity contribution in [1.82, 2.24) is 0 Å². The second-order valence-corrected chi connectivity index (χ2v) is 3.96. The van der Waals surface area contributed by atoms with Crippen molar-refractivity contribution in [1.29, 1.82) is 0 Å². The Kier molecular flexibility index (Phi) is 5.30. The third-order valence-electron chi connectivity index (χ3n) is 2.62. The lowest BCUT2D eigenvalue weighted by Crippen LogP contribution is -2.25. The summed E-state index contributed by atoms with van der Waals surface area (Å²) < 4.78 is 4.65.